The second-order valence-electron chi connectivity index (χ2n) is 3.79. The van der Waals surface area contributed by atoms with Crippen molar-refractivity contribution in [2.24, 2.45) is 0 Å². The fourth-order valence-corrected chi connectivity index (χ4v) is 2.56. The topological polar surface area (TPSA) is 37.4 Å². The van der Waals surface area contributed by atoms with E-state index in [2.05, 4.69) is 4.90 Å². The molecule has 2 heterocycles. The largest absolute Gasteiger partial charge is 0.300 e. The van der Waals surface area contributed by atoms with Gasteiger partial charge in [0, 0.05) is 43.4 Å². The lowest BCUT2D eigenvalue weighted by molar-refractivity contribution is -0.121. The number of Topliss-reactive ketones (excluding diaryl/α,β-unsaturated/α-hetero) is 1. The molecule has 0 N–H and O–H groups in total. The summed E-state index contributed by atoms with van der Waals surface area (Å²) in [6.07, 6.45) is 2.21. The van der Waals surface area contributed by atoms with Crippen LogP contribution < -0.4 is 0 Å². The van der Waals surface area contributed by atoms with E-state index >= 15 is 0 Å². The van der Waals surface area contributed by atoms with Crippen molar-refractivity contribution in [1.82, 2.24) is 4.90 Å². The summed E-state index contributed by atoms with van der Waals surface area (Å²) in [7, 11) is 0. The number of ketones is 1. The van der Waals surface area contributed by atoms with Crippen LogP contribution >= 0.6 is 11.3 Å². The molecule has 1 aliphatic rings. The molecule has 1 fully saturated rings. The summed E-state index contributed by atoms with van der Waals surface area (Å²) < 4.78 is 0. The maximum Gasteiger partial charge on any atom is 0.151 e. The fourth-order valence-electron chi connectivity index (χ4n) is 1.77. The van der Waals surface area contributed by atoms with Gasteiger partial charge in [0.25, 0.3) is 0 Å². The highest BCUT2D eigenvalue weighted by atomic mass is 32.1. The Kier molecular flexibility index (Phi) is 3.28. The molecule has 0 aromatic carbocycles. The van der Waals surface area contributed by atoms with Crippen LogP contribution in [-0.4, -0.2) is 30.1 Å². The minimum Gasteiger partial charge on any atom is -0.300 e. The molecule has 1 aromatic rings. The Labute approximate surface area is 92.7 Å². The van der Waals surface area contributed by atoms with Crippen molar-refractivity contribution in [1.29, 1.82) is 0 Å². The van der Waals surface area contributed by atoms with Gasteiger partial charge in [-0.25, -0.2) is 0 Å². The maximum absolute atomic E-state index is 11.1. The predicted molar refractivity (Wildman–Crippen MR) is 59.2 cm³/mol. The average Bonchev–Trinajstić information content (AvgIpc) is 2.69. The standard InChI is InChI=1S/C11H13NO2S/c13-6-10-8-15-7-9(10)5-12-3-1-11(14)2-4-12/h6-8H,1-5H2. The number of rotatable bonds is 3. The first-order chi connectivity index (χ1) is 7.29. The van der Waals surface area contributed by atoms with Gasteiger partial charge in [-0.15, -0.1) is 0 Å². The summed E-state index contributed by atoms with van der Waals surface area (Å²) in [6.45, 7) is 2.45. The number of thiophene rings is 1. The van der Waals surface area contributed by atoms with Crippen LogP contribution in [0.5, 0.6) is 0 Å². The monoisotopic (exact) mass is 223 g/mol. The van der Waals surface area contributed by atoms with Gasteiger partial charge in [0.1, 0.15) is 5.78 Å². The van der Waals surface area contributed by atoms with E-state index in [1.54, 1.807) is 11.3 Å². The molecule has 0 atom stereocenters. The Balaban J connectivity index is 1.97. The van der Waals surface area contributed by atoms with Crippen molar-refractivity contribution in [3.05, 3.63) is 21.9 Å². The summed E-state index contributed by atoms with van der Waals surface area (Å²) in [4.78, 5) is 24.0. The molecule has 3 nitrogen and oxygen atoms in total. The van der Waals surface area contributed by atoms with Crippen molar-refractivity contribution in [2.75, 3.05) is 13.1 Å². The maximum atomic E-state index is 11.1. The Morgan fingerprint density at radius 1 is 1.33 bits per heavy atom. The zero-order chi connectivity index (χ0) is 10.7. The number of hydrogen-bond donors (Lipinski definition) is 0. The van der Waals surface area contributed by atoms with Crippen molar-refractivity contribution >= 4 is 23.4 Å². The highest BCUT2D eigenvalue weighted by Crippen LogP contribution is 2.17. The number of nitrogens with zero attached hydrogens (tertiary/aromatic N) is 1. The highest BCUT2D eigenvalue weighted by Gasteiger charge is 2.17. The molecule has 80 valence electrons. The van der Waals surface area contributed by atoms with Gasteiger partial charge in [-0.3, -0.25) is 14.5 Å². The molecule has 0 unspecified atom stereocenters. The third-order valence-electron chi connectivity index (χ3n) is 2.71. The van der Waals surface area contributed by atoms with Crippen LogP contribution in [0.2, 0.25) is 0 Å². The Bertz CT molecular complexity index is 362. The van der Waals surface area contributed by atoms with Crippen LogP contribution in [0.1, 0.15) is 28.8 Å². The third-order valence-corrected chi connectivity index (χ3v) is 3.52. The first-order valence-corrected chi connectivity index (χ1v) is 5.98. The number of carbonyl (C=O) groups is 2. The van der Waals surface area contributed by atoms with E-state index in [0.29, 0.717) is 18.6 Å². The number of piperidine rings is 1. The summed E-state index contributed by atoms with van der Waals surface area (Å²) >= 11 is 1.56. The highest BCUT2D eigenvalue weighted by molar-refractivity contribution is 7.08. The van der Waals surface area contributed by atoms with Crippen LogP contribution in [0.4, 0.5) is 0 Å². The van der Waals surface area contributed by atoms with Crippen LogP contribution in [0.25, 0.3) is 0 Å². The first kappa shape index (κ1) is 10.5. The van der Waals surface area contributed by atoms with Gasteiger partial charge in [0.2, 0.25) is 0 Å². The van der Waals surface area contributed by atoms with E-state index in [4.69, 9.17) is 0 Å². The molecule has 15 heavy (non-hydrogen) atoms. The Morgan fingerprint density at radius 2 is 2.07 bits per heavy atom. The summed E-state index contributed by atoms with van der Waals surface area (Å²) in [5, 5.41) is 3.89. The summed E-state index contributed by atoms with van der Waals surface area (Å²) in [5.74, 6) is 0.354. The van der Waals surface area contributed by atoms with Crippen LogP contribution in [-0.2, 0) is 11.3 Å². The predicted octanol–water partition coefficient (Wildman–Crippen LogP) is 1.73. The molecular formula is C11H13NO2S. The summed E-state index contributed by atoms with van der Waals surface area (Å²) in [6, 6.07) is 0. The molecule has 1 saturated heterocycles. The number of carbonyl (C=O) groups excluding carboxylic acids is 2. The smallest absolute Gasteiger partial charge is 0.151 e. The SMILES string of the molecule is O=Cc1cscc1CN1CCC(=O)CC1. The van der Waals surface area contributed by atoms with Gasteiger partial charge in [0.05, 0.1) is 0 Å². The van der Waals surface area contributed by atoms with E-state index in [0.717, 1.165) is 37.0 Å². The molecule has 0 spiro atoms. The first-order valence-electron chi connectivity index (χ1n) is 5.04. The van der Waals surface area contributed by atoms with Gasteiger partial charge in [-0.05, 0) is 10.9 Å². The molecule has 0 saturated carbocycles. The lowest BCUT2D eigenvalue weighted by Gasteiger charge is -2.25. The molecular weight excluding hydrogens is 210 g/mol. The van der Waals surface area contributed by atoms with E-state index in [1.807, 2.05) is 10.8 Å². The van der Waals surface area contributed by atoms with Crippen molar-refractivity contribution in [3.8, 4) is 0 Å². The average molecular weight is 223 g/mol. The lowest BCUT2D eigenvalue weighted by atomic mass is 10.1. The number of likely N-dealkylation sites (tertiary alicyclic amines) is 1. The van der Waals surface area contributed by atoms with E-state index in [-0.39, 0.29) is 0 Å². The quantitative estimate of drug-likeness (QED) is 0.732. The zero-order valence-corrected chi connectivity index (χ0v) is 9.26. The molecule has 2 rings (SSSR count). The minimum atomic E-state index is 0.354. The van der Waals surface area contributed by atoms with E-state index in [1.165, 1.54) is 0 Å². The minimum absolute atomic E-state index is 0.354. The molecule has 1 aliphatic heterocycles. The van der Waals surface area contributed by atoms with Crippen molar-refractivity contribution < 1.29 is 9.59 Å². The Hall–Kier alpha value is -1.00. The van der Waals surface area contributed by atoms with Crippen molar-refractivity contribution in [2.45, 2.75) is 19.4 Å². The number of hydrogen-bond acceptors (Lipinski definition) is 4. The van der Waals surface area contributed by atoms with Gasteiger partial charge >= 0.3 is 0 Å². The molecule has 0 radical (unpaired) electrons. The summed E-state index contributed by atoms with van der Waals surface area (Å²) in [5.41, 5.74) is 1.88. The van der Waals surface area contributed by atoms with Gasteiger partial charge in [-0.1, -0.05) is 0 Å². The lowest BCUT2D eigenvalue weighted by Crippen LogP contribution is -2.33. The van der Waals surface area contributed by atoms with Gasteiger partial charge in [0.15, 0.2) is 6.29 Å². The van der Waals surface area contributed by atoms with Crippen molar-refractivity contribution in [3.63, 3.8) is 0 Å². The zero-order valence-electron chi connectivity index (χ0n) is 8.44. The third kappa shape index (κ3) is 2.52. The molecule has 0 bridgehead atoms. The fraction of sp³-hybridized carbons (Fsp3) is 0.455. The molecule has 4 heteroatoms. The Morgan fingerprint density at radius 3 is 2.73 bits per heavy atom. The normalized spacial score (nSPS) is 18.0. The second kappa shape index (κ2) is 4.68. The van der Waals surface area contributed by atoms with Crippen LogP contribution in [0.3, 0.4) is 0 Å². The second-order valence-corrected chi connectivity index (χ2v) is 4.53. The molecule has 0 amide bonds. The molecule has 1 aromatic heterocycles. The van der Waals surface area contributed by atoms with Gasteiger partial charge < -0.3 is 0 Å². The number of aldehydes is 1. The van der Waals surface area contributed by atoms with Gasteiger partial charge in [-0.2, -0.15) is 11.3 Å². The van der Waals surface area contributed by atoms with Crippen LogP contribution in [0.15, 0.2) is 10.8 Å². The van der Waals surface area contributed by atoms with E-state index in [9.17, 15) is 9.59 Å². The molecule has 0 aliphatic carbocycles. The van der Waals surface area contributed by atoms with E-state index < -0.39 is 0 Å². The van der Waals surface area contributed by atoms with Crippen LogP contribution in [0, 0.1) is 0 Å².